The van der Waals surface area contributed by atoms with Gasteiger partial charge in [-0.2, -0.15) is 0 Å². The molecule has 1 aliphatic rings. The third-order valence-electron chi connectivity index (χ3n) is 6.07. The van der Waals surface area contributed by atoms with Crippen LogP contribution in [0.2, 0.25) is 0 Å². The van der Waals surface area contributed by atoms with Gasteiger partial charge >= 0.3 is 0 Å². The average Bonchev–Trinajstić information content (AvgIpc) is 3.08. The number of carbonyl (C=O) groups is 1. The van der Waals surface area contributed by atoms with Crippen LogP contribution >= 0.6 is 0 Å². The Labute approximate surface area is 188 Å². The van der Waals surface area contributed by atoms with Crippen molar-refractivity contribution in [2.45, 2.75) is 26.3 Å². The van der Waals surface area contributed by atoms with Crippen molar-refractivity contribution in [2.24, 2.45) is 0 Å². The molecule has 1 aliphatic heterocycles. The Bertz CT molecular complexity index is 1070. The topological polar surface area (TPSA) is 74.9 Å². The van der Waals surface area contributed by atoms with Crippen molar-refractivity contribution < 1.29 is 19.7 Å². The number of hydrogen-bond donors (Lipinski definition) is 2. The molecule has 0 spiro atoms. The van der Waals surface area contributed by atoms with Gasteiger partial charge in [0.05, 0.1) is 24.5 Å². The molecule has 1 saturated heterocycles. The van der Waals surface area contributed by atoms with Crippen LogP contribution in [0.25, 0.3) is 11.3 Å². The minimum Gasteiger partial charge on any atom is -0.503 e. The van der Waals surface area contributed by atoms with E-state index in [9.17, 15) is 15.0 Å². The minimum absolute atomic E-state index is 0.132. The maximum Gasteiger partial charge on any atom is 0.235 e. The molecule has 32 heavy (non-hydrogen) atoms. The highest BCUT2D eigenvalue weighted by molar-refractivity contribution is 6.15. The smallest absolute Gasteiger partial charge is 0.235 e. The minimum atomic E-state index is -0.372. The van der Waals surface area contributed by atoms with E-state index in [1.807, 2.05) is 30.3 Å². The molecule has 0 saturated carbocycles. The van der Waals surface area contributed by atoms with Crippen LogP contribution in [-0.4, -0.2) is 58.3 Å². The molecule has 2 aromatic carbocycles. The van der Waals surface area contributed by atoms with Crippen LogP contribution in [0.5, 0.6) is 11.6 Å². The summed E-state index contributed by atoms with van der Waals surface area (Å²) in [5.74, 6) is -0.583. The zero-order chi connectivity index (χ0) is 22.7. The first-order valence-electron chi connectivity index (χ1n) is 11.1. The lowest BCUT2D eigenvalue weighted by molar-refractivity contribution is 0.0362. The quantitative estimate of drug-likeness (QED) is 0.544. The fourth-order valence-electron chi connectivity index (χ4n) is 4.15. The normalized spacial score (nSPS) is 14.7. The molecule has 6 nitrogen and oxygen atoms in total. The lowest BCUT2D eigenvalue weighted by Gasteiger charge is -2.27. The predicted octanol–water partition coefficient (Wildman–Crippen LogP) is 4.25. The largest absolute Gasteiger partial charge is 0.503 e. The Morgan fingerprint density at radius 3 is 2.25 bits per heavy atom. The van der Waals surface area contributed by atoms with Gasteiger partial charge in [-0.25, -0.2) is 0 Å². The first-order chi connectivity index (χ1) is 15.5. The molecule has 0 bridgehead atoms. The van der Waals surface area contributed by atoms with Gasteiger partial charge in [-0.15, -0.1) is 0 Å². The molecule has 2 heterocycles. The van der Waals surface area contributed by atoms with Crippen molar-refractivity contribution in [2.75, 3.05) is 32.8 Å². The van der Waals surface area contributed by atoms with E-state index >= 15 is 0 Å². The molecule has 6 heteroatoms. The summed E-state index contributed by atoms with van der Waals surface area (Å²) in [6.45, 7) is 8.40. The number of nitrogens with zero attached hydrogens (tertiary/aromatic N) is 2. The van der Waals surface area contributed by atoms with E-state index in [4.69, 9.17) is 4.74 Å². The Balaban J connectivity index is 1.78. The Kier molecular flexibility index (Phi) is 6.63. The second-order valence-electron chi connectivity index (χ2n) is 8.47. The summed E-state index contributed by atoms with van der Waals surface area (Å²) in [5, 5.41) is 21.7. The standard InChI is InChI=1S/C26H30N2O4/c1-18(2)19-8-10-20(11-9-19)23-22(24(29)21-6-4-3-5-7-21)25(30)26(31)28(23)13-12-27-14-16-32-17-15-27/h3-11,18,30-31H,12-17H2,1-2H3. The van der Waals surface area contributed by atoms with Crippen LogP contribution in [0, 0.1) is 0 Å². The number of ketones is 1. The maximum atomic E-state index is 13.4. The van der Waals surface area contributed by atoms with E-state index in [2.05, 4.69) is 18.7 Å². The van der Waals surface area contributed by atoms with Gasteiger partial charge < -0.3 is 19.5 Å². The van der Waals surface area contributed by atoms with E-state index in [1.54, 1.807) is 28.8 Å². The zero-order valence-electron chi connectivity index (χ0n) is 18.6. The molecule has 0 amide bonds. The number of benzene rings is 2. The Hall–Kier alpha value is -3.09. The molecule has 1 fully saturated rings. The first-order valence-corrected chi connectivity index (χ1v) is 11.1. The maximum absolute atomic E-state index is 13.4. The lowest BCUT2D eigenvalue weighted by atomic mass is 9.96. The number of aromatic nitrogens is 1. The summed E-state index contributed by atoms with van der Waals surface area (Å²) >= 11 is 0. The summed E-state index contributed by atoms with van der Waals surface area (Å²) in [7, 11) is 0. The van der Waals surface area contributed by atoms with E-state index < -0.39 is 0 Å². The van der Waals surface area contributed by atoms with Gasteiger partial charge in [0.2, 0.25) is 5.88 Å². The monoisotopic (exact) mass is 434 g/mol. The van der Waals surface area contributed by atoms with E-state index in [0.29, 0.717) is 43.5 Å². The summed E-state index contributed by atoms with van der Waals surface area (Å²) in [6, 6.07) is 16.8. The molecule has 0 aliphatic carbocycles. The molecule has 0 radical (unpaired) electrons. The van der Waals surface area contributed by atoms with Gasteiger partial charge in [0.15, 0.2) is 11.5 Å². The second kappa shape index (κ2) is 9.59. The van der Waals surface area contributed by atoms with Crippen LogP contribution < -0.4 is 0 Å². The zero-order valence-corrected chi connectivity index (χ0v) is 18.6. The molecule has 3 aromatic rings. The third kappa shape index (κ3) is 4.42. The van der Waals surface area contributed by atoms with Gasteiger partial charge in [0.1, 0.15) is 0 Å². The molecule has 168 valence electrons. The van der Waals surface area contributed by atoms with Gasteiger partial charge in [-0.1, -0.05) is 68.4 Å². The first kappa shape index (κ1) is 22.1. The summed E-state index contributed by atoms with van der Waals surface area (Å²) in [4.78, 5) is 15.7. The molecule has 0 atom stereocenters. The van der Waals surface area contributed by atoms with Crippen LogP contribution in [0.15, 0.2) is 54.6 Å². The SMILES string of the molecule is CC(C)c1ccc(-c2c(C(=O)c3ccccc3)c(O)c(O)n2CCN2CCOCC2)cc1. The Morgan fingerprint density at radius 2 is 1.62 bits per heavy atom. The molecule has 2 N–H and O–H groups in total. The summed E-state index contributed by atoms with van der Waals surface area (Å²) in [5.41, 5.74) is 3.11. The fraction of sp³-hybridized carbons (Fsp3) is 0.346. The van der Waals surface area contributed by atoms with Gasteiger partial charge in [0, 0.05) is 31.7 Å². The van der Waals surface area contributed by atoms with Gasteiger partial charge in [-0.05, 0) is 17.0 Å². The van der Waals surface area contributed by atoms with Crippen molar-refractivity contribution in [1.82, 2.24) is 9.47 Å². The second-order valence-corrected chi connectivity index (χ2v) is 8.47. The van der Waals surface area contributed by atoms with Crippen LogP contribution in [-0.2, 0) is 11.3 Å². The van der Waals surface area contributed by atoms with Crippen molar-refractivity contribution in [3.63, 3.8) is 0 Å². The van der Waals surface area contributed by atoms with E-state index in [-0.39, 0.29) is 23.0 Å². The van der Waals surface area contributed by atoms with Gasteiger partial charge in [-0.3, -0.25) is 9.69 Å². The predicted molar refractivity (Wildman–Crippen MR) is 124 cm³/mol. The van der Waals surface area contributed by atoms with Crippen molar-refractivity contribution in [1.29, 1.82) is 0 Å². The van der Waals surface area contributed by atoms with E-state index in [0.717, 1.165) is 18.7 Å². The van der Waals surface area contributed by atoms with Crippen LogP contribution in [0.4, 0.5) is 0 Å². The van der Waals surface area contributed by atoms with Crippen molar-refractivity contribution >= 4 is 5.78 Å². The van der Waals surface area contributed by atoms with Crippen molar-refractivity contribution in [3.8, 4) is 22.9 Å². The molecule has 0 unspecified atom stereocenters. The number of rotatable bonds is 7. The van der Waals surface area contributed by atoms with Gasteiger partial charge in [0.25, 0.3) is 0 Å². The summed E-state index contributed by atoms with van der Waals surface area (Å²) in [6.07, 6.45) is 0. The number of hydrogen-bond acceptors (Lipinski definition) is 5. The number of morpholine rings is 1. The summed E-state index contributed by atoms with van der Waals surface area (Å²) < 4.78 is 7.08. The highest BCUT2D eigenvalue weighted by Gasteiger charge is 2.29. The lowest BCUT2D eigenvalue weighted by Crippen LogP contribution is -2.38. The number of ether oxygens (including phenoxy) is 1. The number of carbonyl (C=O) groups excluding carboxylic acids is 1. The fourth-order valence-corrected chi connectivity index (χ4v) is 4.15. The highest BCUT2D eigenvalue weighted by Crippen LogP contribution is 2.42. The Morgan fingerprint density at radius 1 is 0.969 bits per heavy atom. The molecule has 4 rings (SSSR count). The third-order valence-corrected chi connectivity index (χ3v) is 6.07. The highest BCUT2D eigenvalue weighted by atomic mass is 16.5. The van der Waals surface area contributed by atoms with E-state index in [1.165, 1.54) is 5.56 Å². The molecular formula is C26H30N2O4. The average molecular weight is 435 g/mol. The molecule has 1 aromatic heterocycles. The van der Waals surface area contributed by atoms with Crippen LogP contribution in [0.3, 0.4) is 0 Å². The van der Waals surface area contributed by atoms with Crippen LogP contribution in [0.1, 0.15) is 41.3 Å². The number of aromatic hydroxyl groups is 2. The van der Waals surface area contributed by atoms with Crippen molar-refractivity contribution in [3.05, 3.63) is 71.3 Å². The molecular weight excluding hydrogens is 404 g/mol.